The van der Waals surface area contributed by atoms with Gasteiger partial charge in [0, 0.05) is 48.2 Å². The molecule has 0 radical (unpaired) electrons. The number of fused-ring (bicyclic) bond motifs is 3. The van der Waals surface area contributed by atoms with Crippen molar-refractivity contribution in [1.82, 2.24) is 14.8 Å². The van der Waals surface area contributed by atoms with Gasteiger partial charge in [-0.25, -0.2) is 13.2 Å². The lowest BCUT2D eigenvalue weighted by Gasteiger charge is -2.43. The van der Waals surface area contributed by atoms with E-state index >= 15 is 4.39 Å². The van der Waals surface area contributed by atoms with E-state index in [1.807, 2.05) is 36.1 Å². The Balaban J connectivity index is 1.52. The molecule has 0 spiro atoms. The van der Waals surface area contributed by atoms with E-state index in [0.717, 1.165) is 22.2 Å². The molecule has 5 rings (SSSR count). The maximum absolute atomic E-state index is 15.4. The number of halogens is 4. The van der Waals surface area contributed by atoms with Crippen LogP contribution in [-0.2, 0) is 6.42 Å². The molecule has 5 nitrogen and oxygen atoms in total. The Bertz CT molecular complexity index is 1330. The fourth-order valence-corrected chi connectivity index (χ4v) is 6.02. The molecular formula is C29H32F4N4O. The quantitative estimate of drug-likeness (QED) is 0.370. The van der Waals surface area contributed by atoms with E-state index < -0.39 is 38.0 Å². The average Bonchev–Trinajstić information content (AvgIpc) is 3.25. The standard InChI is InChI=1S/C29H32F4N4O/c1-18-11-24-23-5-2-3-6-25(23)35-27(24)28(37(18)16-29(32,33)17-38)22-8-7-19(12-20(22)13-34)26(31)21-14-36(15-21)10-4-9-30/h2-3,5-8,12,18,21,26,28,35,38H,4,9-11,14-17H2,1H3/t18-,26?,28-/m1/s1. The molecule has 2 aliphatic heterocycles. The number of benzene rings is 2. The Kier molecular flexibility index (Phi) is 7.49. The van der Waals surface area contributed by atoms with Crippen molar-refractivity contribution in [3.63, 3.8) is 0 Å². The van der Waals surface area contributed by atoms with Gasteiger partial charge >= 0.3 is 0 Å². The average molecular weight is 529 g/mol. The molecule has 38 heavy (non-hydrogen) atoms. The first-order valence-corrected chi connectivity index (χ1v) is 13.1. The molecule has 1 saturated heterocycles. The van der Waals surface area contributed by atoms with E-state index in [9.17, 15) is 23.5 Å². The van der Waals surface area contributed by atoms with Crippen molar-refractivity contribution >= 4 is 10.9 Å². The van der Waals surface area contributed by atoms with Gasteiger partial charge in [0.15, 0.2) is 0 Å². The van der Waals surface area contributed by atoms with Crippen molar-refractivity contribution < 1.29 is 22.7 Å². The van der Waals surface area contributed by atoms with Gasteiger partial charge in [0.2, 0.25) is 0 Å². The number of nitriles is 1. The van der Waals surface area contributed by atoms with Crippen LogP contribution in [0.3, 0.4) is 0 Å². The number of likely N-dealkylation sites (tertiary alicyclic amines) is 1. The SMILES string of the molecule is C[C@@H]1Cc2c([nH]c3ccccc23)[C@@H](c2ccc(C(F)C3CN(CCCF)C3)cc2C#N)N1CC(F)(F)CO. The molecule has 0 bridgehead atoms. The summed E-state index contributed by atoms with van der Waals surface area (Å²) in [6.07, 6.45) is -0.315. The third kappa shape index (κ3) is 4.93. The molecule has 0 aliphatic carbocycles. The van der Waals surface area contributed by atoms with Gasteiger partial charge in [-0.15, -0.1) is 0 Å². The summed E-state index contributed by atoms with van der Waals surface area (Å²) >= 11 is 0. The second kappa shape index (κ2) is 10.7. The fraction of sp³-hybridized carbons (Fsp3) is 0.483. The number of aliphatic hydroxyl groups excluding tert-OH is 1. The van der Waals surface area contributed by atoms with Crippen molar-refractivity contribution in [2.75, 3.05) is 39.5 Å². The van der Waals surface area contributed by atoms with Gasteiger partial charge in [-0.05, 0) is 48.6 Å². The van der Waals surface area contributed by atoms with E-state index in [-0.39, 0.29) is 17.5 Å². The van der Waals surface area contributed by atoms with Gasteiger partial charge in [-0.2, -0.15) is 5.26 Å². The second-order valence-corrected chi connectivity index (χ2v) is 10.6. The highest BCUT2D eigenvalue weighted by Gasteiger charge is 2.42. The molecule has 202 valence electrons. The molecule has 9 heteroatoms. The van der Waals surface area contributed by atoms with Crippen molar-refractivity contribution in [1.29, 1.82) is 5.26 Å². The number of nitrogens with one attached hydrogen (secondary N) is 1. The van der Waals surface area contributed by atoms with E-state index in [4.69, 9.17) is 0 Å². The third-order valence-electron chi connectivity index (χ3n) is 7.98. The van der Waals surface area contributed by atoms with Crippen molar-refractivity contribution in [2.24, 2.45) is 5.92 Å². The molecule has 3 atom stereocenters. The summed E-state index contributed by atoms with van der Waals surface area (Å²) in [5.41, 5.74) is 3.78. The number of hydrogen-bond acceptors (Lipinski definition) is 4. The molecule has 2 aliphatic rings. The molecule has 2 N–H and O–H groups in total. The fourth-order valence-electron chi connectivity index (χ4n) is 6.02. The molecule has 1 unspecified atom stereocenters. The van der Waals surface area contributed by atoms with Crippen molar-refractivity contribution in [2.45, 2.75) is 43.9 Å². The van der Waals surface area contributed by atoms with Crippen LogP contribution in [0.15, 0.2) is 42.5 Å². The van der Waals surface area contributed by atoms with Crippen LogP contribution in [0.5, 0.6) is 0 Å². The van der Waals surface area contributed by atoms with Crippen molar-refractivity contribution in [3.8, 4) is 6.07 Å². The molecule has 3 heterocycles. The molecule has 2 aromatic carbocycles. The Morgan fingerprint density at radius 2 is 1.97 bits per heavy atom. The Morgan fingerprint density at radius 3 is 2.68 bits per heavy atom. The number of alkyl halides is 4. The van der Waals surface area contributed by atoms with E-state index in [1.165, 1.54) is 6.07 Å². The number of nitrogens with zero attached hydrogens (tertiary/aromatic N) is 3. The number of aromatic amines is 1. The highest BCUT2D eigenvalue weighted by molar-refractivity contribution is 5.85. The van der Waals surface area contributed by atoms with E-state index in [0.29, 0.717) is 43.6 Å². The highest BCUT2D eigenvalue weighted by atomic mass is 19.3. The summed E-state index contributed by atoms with van der Waals surface area (Å²) in [5, 5.41) is 20.4. The highest BCUT2D eigenvalue weighted by Crippen LogP contribution is 2.43. The number of hydrogen-bond donors (Lipinski definition) is 2. The van der Waals surface area contributed by atoms with Gasteiger partial charge in [0.1, 0.15) is 12.8 Å². The summed E-state index contributed by atoms with van der Waals surface area (Å²) in [6.45, 7) is 1.18. The Hall–Kier alpha value is -2.93. The molecule has 0 amide bonds. The zero-order chi connectivity index (χ0) is 27.0. The van der Waals surface area contributed by atoms with Gasteiger partial charge in [0.25, 0.3) is 5.92 Å². The van der Waals surface area contributed by atoms with Crippen LogP contribution in [-0.4, -0.2) is 71.3 Å². The van der Waals surface area contributed by atoms with Crippen LogP contribution in [0.1, 0.15) is 53.5 Å². The predicted molar refractivity (Wildman–Crippen MR) is 138 cm³/mol. The molecular weight excluding hydrogens is 496 g/mol. The van der Waals surface area contributed by atoms with E-state index in [1.54, 1.807) is 17.0 Å². The monoisotopic (exact) mass is 528 g/mol. The van der Waals surface area contributed by atoms with Gasteiger partial charge in [0.05, 0.1) is 30.9 Å². The third-order valence-corrected chi connectivity index (χ3v) is 7.98. The summed E-state index contributed by atoms with van der Waals surface area (Å²) in [5.74, 6) is -3.56. The number of rotatable bonds is 9. The minimum Gasteiger partial charge on any atom is -0.390 e. The lowest BCUT2D eigenvalue weighted by Crippen LogP contribution is -2.49. The number of aliphatic hydroxyl groups is 1. The summed E-state index contributed by atoms with van der Waals surface area (Å²) in [4.78, 5) is 7.04. The summed E-state index contributed by atoms with van der Waals surface area (Å²) in [6, 6.07) is 13.8. The zero-order valence-corrected chi connectivity index (χ0v) is 21.3. The normalized spacial score (nSPS) is 21.7. The number of para-hydroxylation sites is 1. The smallest absolute Gasteiger partial charge is 0.283 e. The number of H-pyrrole nitrogens is 1. The Labute approximate surface area is 219 Å². The van der Waals surface area contributed by atoms with Crippen LogP contribution >= 0.6 is 0 Å². The topological polar surface area (TPSA) is 66.3 Å². The largest absolute Gasteiger partial charge is 0.390 e. The van der Waals surface area contributed by atoms with E-state index in [2.05, 4.69) is 11.1 Å². The molecule has 3 aromatic rings. The molecule has 1 fully saturated rings. The summed E-state index contributed by atoms with van der Waals surface area (Å²) in [7, 11) is 0. The van der Waals surface area contributed by atoms with Crippen LogP contribution in [0, 0.1) is 17.2 Å². The second-order valence-electron chi connectivity index (χ2n) is 10.6. The number of aromatic nitrogens is 1. The predicted octanol–water partition coefficient (Wildman–Crippen LogP) is 5.31. The van der Waals surface area contributed by atoms with Crippen LogP contribution < -0.4 is 0 Å². The first-order chi connectivity index (χ1) is 18.3. The first-order valence-electron chi connectivity index (χ1n) is 13.1. The maximum atomic E-state index is 15.4. The van der Waals surface area contributed by atoms with Gasteiger partial charge in [-0.1, -0.05) is 30.3 Å². The van der Waals surface area contributed by atoms with Gasteiger partial charge in [-0.3, -0.25) is 9.29 Å². The maximum Gasteiger partial charge on any atom is 0.283 e. The van der Waals surface area contributed by atoms with Crippen LogP contribution in [0.2, 0.25) is 0 Å². The lowest BCUT2D eigenvalue weighted by molar-refractivity contribution is -0.0864. The zero-order valence-electron chi connectivity index (χ0n) is 21.3. The molecule has 0 saturated carbocycles. The first kappa shape index (κ1) is 26.7. The molecule has 1 aromatic heterocycles. The minimum atomic E-state index is -3.33. The summed E-state index contributed by atoms with van der Waals surface area (Å²) < 4.78 is 56.9. The van der Waals surface area contributed by atoms with Crippen LogP contribution in [0.4, 0.5) is 17.6 Å². The van der Waals surface area contributed by atoms with Gasteiger partial charge < -0.3 is 15.0 Å². The van der Waals surface area contributed by atoms with Crippen molar-refractivity contribution in [3.05, 3.63) is 70.4 Å². The lowest BCUT2D eigenvalue weighted by atomic mass is 9.84. The van der Waals surface area contributed by atoms with Crippen LogP contribution in [0.25, 0.3) is 10.9 Å². The Morgan fingerprint density at radius 1 is 1.21 bits per heavy atom. The minimum absolute atomic E-state index is 0.234.